The lowest BCUT2D eigenvalue weighted by Crippen LogP contribution is -2.29. The minimum Gasteiger partial charge on any atom is -0.392 e. The summed E-state index contributed by atoms with van der Waals surface area (Å²) in [6.07, 6.45) is 4.60. The monoisotopic (exact) mass is 269 g/mol. The number of hydrogen-bond acceptors (Lipinski definition) is 3. The van der Waals surface area contributed by atoms with Gasteiger partial charge in [0.25, 0.3) is 0 Å². The average Bonchev–Trinajstić information content (AvgIpc) is 2.39. The lowest BCUT2D eigenvalue weighted by molar-refractivity contribution is 0.282. The van der Waals surface area contributed by atoms with E-state index < -0.39 is 10.0 Å². The molecule has 0 unspecified atom stereocenters. The van der Waals surface area contributed by atoms with E-state index >= 15 is 0 Å². The highest BCUT2D eigenvalue weighted by molar-refractivity contribution is 7.93. The summed E-state index contributed by atoms with van der Waals surface area (Å²) in [5.74, 6) is 0. The zero-order valence-corrected chi connectivity index (χ0v) is 11.1. The molecule has 0 atom stereocenters. The van der Waals surface area contributed by atoms with Gasteiger partial charge in [-0.2, -0.15) is 0 Å². The minimum absolute atomic E-state index is 0.0843. The Kier molecular flexibility index (Phi) is 4.24. The Bertz CT molecular complexity index is 493. The van der Waals surface area contributed by atoms with Gasteiger partial charge in [0.15, 0.2) is 0 Å². The van der Waals surface area contributed by atoms with Crippen molar-refractivity contribution in [3.8, 4) is 0 Å². The predicted octanol–water partition coefficient (Wildman–Crippen LogP) is 2.25. The molecule has 0 aliphatic heterocycles. The summed E-state index contributed by atoms with van der Waals surface area (Å²) >= 11 is 0. The highest BCUT2D eigenvalue weighted by atomic mass is 32.2. The topological polar surface area (TPSA) is 66.4 Å². The molecule has 1 saturated carbocycles. The van der Waals surface area contributed by atoms with E-state index in [4.69, 9.17) is 5.11 Å². The molecule has 0 heterocycles. The molecule has 0 radical (unpaired) electrons. The third-order valence-electron chi connectivity index (χ3n) is 3.36. The van der Waals surface area contributed by atoms with E-state index in [0.29, 0.717) is 11.3 Å². The van der Waals surface area contributed by atoms with Crippen molar-refractivity contribution in [3.63, 3.8) is 0 Å². The molecule has 1 fully saturated rings. The van der Waals surface area contributed by atoms with Crippen molar-refractivity contribution in [2.45, 2.75) is 44.0 Å². The molecule has 2 N–H and O–H groups in total. The van der Waals surface area contributed by atoms with E-state index in [1.807, 2.05) is 0 Å². The lowest BCUT2D eigenvalue weighted by atomic mass is 10.0. The lowest BCUT2D eigenvalue weighted by Gasteiger charge is -2.22. The summed E-state index contributed by atoms with van der Waals surface area (Å²) in [4.78, 5) is 0. The van der Waals surface area contributed by atoms with Gasteiger partial charge >= 0.3 is 0 Å². The molecule has 5 heteroatoms. The number of sulfonamides is 1. The fourth-order valence-electron chi connectivity index (χ4n) is 2.36. The number of aliphatic hydroxyl groups is 1. The Morgan fingerprint density at radius 3 is 2.61 bits per heavy atom. The molecular weight excluding hydrogens is 250 g/mol. The molecule has 1 aliphatic rings. The van der Waals surface area contributed by atoms with Gasteiger partial charge in [0.2, 0.25) is 10.0 Å². The fourth-order valence-corrected chi connectivity index (χ4v) is 3.93. The van der Waals surface area contributed by atoms with E-state index in [0.717, 1.165) is 32.1 Å². The van der Waals surface area contributed by atoms with Gasteiger partial charge in [-0.25, -0.2) is 8.42 Å². The summed E-state index contributed by atoms with van der Waals surface area (Å²) < 4.78 is 27.0. The Labute approximate surface area is 108 Å². The Morgan fingerprint density at radius 1 is 1.22 bits per heavy atom. The second-order valence-electron chi connectivity index (χ2n) is 4.77. The number of hydrogen-bond donors (Lipinski definition) is 2. The van der Waals surface area contributed by atoms with Crippen molar-refractivity contribution in [1.82, 2.24) is 0 Å². The van der Waals surface area contributed by atoms with Crippen LogP contribution in [0.5, 0.6) is 0 Å². The normalized spacial score (nSPS) is 17.6. The number of rotatable bonds is 4. The van der Waals surface area contributed by atoms with E-state index in [9.17, 15) is 8.42 Å². The van der Waals surface area contributed by atoms with E-state index in [2.05, 4.69) is 4.72 Å². The molecule has 0 bridgehead atoms. The second kappa shape index (κ2) is 5.71. The SMILES string of the molecule is O=S(=O)(Nc1cccc(CO)c1)C1CCCCC1. The standard InChI is InChI=1S/C13H19NO3S/c15-10-11-5-4-6-12(9-11)14-18(16,17)13-7-2-1-3-8-13/h4-6,9,13-15H,1-3,7-8,10H2. The van der Waals surface area contributed by atoms with E-state index in [1.54, 1.807) is 24.3 Å². The minimum atomic E-state index is -3.29. The molecule has 0 amide bonds. The van der Waals surface area contributed by atoms with Crippen molar-refractivity contribution in [3.05, 3.63) is 29.8 Å². The largest absolute Gasteiger partial charge is 0.392 e. The van der Waals surface area contributed by atoms with Crippen LogP contribution in [0.3, 0.4) is 0 Å². The average molecular weight is 269 g/mol. The first-order chi connectivity index (χ1) is 8.62. The number of benzene rings is 1. The van der Waals surface area contributed by atoms with Crippen molar-refractivity contribution >= 4 is 15.7 Å². The summed E-state index contributed by atoms with van der Waals surface area (Å²) in [5.41, 5.74) is 1.24. The maximum Gasteiger partial charge on any atom is 0.235 e. The van der Waals surface area contributed by atoms with Crippen LogP contribution in [-0.4, -0.2) is 18.8 Å². The molecular formula is C13H19NO3S. The van der Waals surface area contributed by atoms with Gasteiger partial charge in [0, 0.05) is 5.69 Å². The van der Waals surface area contributed by atoms with Crippen LogP contribution in [0.1, 0.15) is 37.7 Å². The second-order valence-corrected chi connectivity index (χ2v) is 6.73. The predicted molar refractivity (Wildman–Crippen MR) is 71.8 cm³/mol. The van der Waals surface area contributed by atoms with Gasteiger partial charge in [0.1, 0.15) is 0 Å². The first-order valence-electron chi connectivity index (χ1n) is 6.33. The van der Waals surface area contributed by atoms with Crippen molar-refractivity contribution < 1.29 is 13.5 Å². The van der Waals surface area contributed by atoms with Crippen LogP contribution in [0, 0.1) is 0 Å². The Hall–Kier alpha value is -1.07. The number of aliphatic hydroxyl groups excluding tert-OH is 1. The van der Waals surface area contributed by atoms with Crippen molar-refractivity contribution in [2.75, 3.05) is 4.72 Å². The zero-order valence-electron chi connectivity index (χ0n) is 10.3. The van der Waals surface area contributed by atoms with Crippen LogP contribution in [0.15, 0.2) is 24.3 Å². The molecule has 100 valence electrons. The van der Waals surface area contributed by atoms with Crippen molar-refractivity contribution in [1.29, 1.82) is 0 Å². The van der Waals surface area contributed by atoms with Crippen LogP contribution in [0.25, 0.3) is 0 Å². The summed E-state index contributed by atoms with van der Waals surface area (Å²) in [6.45, 7) is -0.0843. The Morgan fingerprint density at radius 2 is 1.94 bits per heavy atom. The van der Waals surface area contributed by atoms with Crippen LogP contribution in [-0.2, 0) is 16.6 Å². The van der Waals surface area contributed by atoms with Crippen LogP contribution in [0.4, 0.5) is 5.69 Å². The first kappa shape index (κ1) is 13.4. The molecule has 1 aromatic carbocycles. The van der Waals surface area contributed by atoms with E-state index in [-0.39, 0.29) is 11.9 Å². The van der Waals surface area contributed by atoms with Gasteiger partial charge < -0.3 is 5.11 Å². The molecule has 18 heavy (non-hydrogen) atoms. The maximum atomic E-state index is 12.2. The number of anilines is 1. The van der Waals surface area contributed by atoms with Gasteiger partial charge in [0.05, 0.1) is 11.9 Å². The third kappa shape index (κ3) is 3.23. The summed E-state index contributed by atoms with van der Waals surface area (Å²) in [5, 5.41) is 8.76. The maximum absolute atomic E-state index is 12.2. The first-order valence-corrected chi connectivity index (χ1v) is 7.88. The Balaban J connectivity index is 2.11. The van der Waals surface area contributed by atoms with Gasteiger partial charge in [-0.15, -0.1) is 0 Å². The molecule has 1 aliphatic carbocycles. The zero-order chi connectivity index (χ0) is 13.0. The molecule has 0 saturated heterocycles. The van der Waals surface area contributed by atoms with Crippen LogP contribution in [0.2, 0.25) is 0 Å². The van der Waals surface area contributed by atoms with E-state index in [1.165, 1.54) is 0 Å². The fraction of sp³-hybridized carbons (Fsp3) is 0.538. The third-order valence-corrected chi connectivity index (χ3v) is 5.23. The molecule has 2 rings (SSSR count). The number of nitrogens with one attached hydrogen (secondary N) is 1. The molecule has 0 spiro atoms. The van der Waals surface area contributed by atoms with Crippen LogP contribution >= 0.6 is 0 Å². The van der Waals surface area contributed by atoms with Gasteiger partial charge in [-0.05, 0) is 30.5 Å². The quantitative estimate of drug-likeness (QED) is 0.881. The van der Waals surface area contributed by atoms with Gasteiger partial charge in [-0.1, -0.05) is 31.4 Å². The van der Waals surface area contributed by atoms with Gasteiger partial charge in [-0.3, -0.25) is 4.72 Å². The molecule has 1 aromatic rings. The van der Waals surface area contributed by atoms with Crippen molar-refractivity contribution in [2.24, 2.45) is 0 Å². The highest BCUT2D eigenvalue weighted by Crippen LogP contribution is 2.25. The molecule has 0 aromatic heterocycles. The van der Waals surface area contributed by atoms with Crippen LogP contribution < -0.4 is 4.72 Å². The smallest absolute Gasteiger partial charge is 0.235 e. The molecule has 4 nitrogen and oxygen atoms in total. The summed E-state index contributed by atoms with van der Waals surface area (Å²) in [6, 6.07) is 6.88. The highest BCUT2D eigenvalue weighted by Gasteiger charge is 2.27. The summed E-state index contributed by atoms with van der Waals surface area (Å²) in [7, 11) is -3.29.